The van der Waals surface area contributed by atoms with Crippen LogP contribution in [0.25, 0.3) is 0 Å². The molecule has 1 aromatic rings. The SMILES string of the molecule is CC(NC(=O)CCCC(=O)N(C)C)C(O)c1ccc(F)c(F)c1. The van der Waals surface area contributed by atoms with Crippen molar-refractivity contribution in [2.24, 2.45) is 0 Å². The first-order valence-corrected chi connectivity index (χ1v) is 7.35. The summed E-state index contributed by atoms with van der Waals surface area (Å²) in [6.07, 6.45) is -0.344. The monoisotopic (exact) mass is 328 g/mol. The molecule has 128 valence electrons. The zero-order valence-electron chi connectivity index (χ0n) is 13.5. The van der Waals surface area contributed by atoms with Crippen molar-refractivity contribution in [2.45, 2.75) is 38.3 Å². The minimum Gasteiger partial charge on any atom is -0.386 e. The largest absolute Gasteiger partial charge is 0.386 e. The van der Waals surface area contributed by atoms with Gasteiger partial charge in [0.25, 0.3) is 0 Å². The van der Waals surface area contributed by atoms with E-state index in [1.807, 2.05) is 0 Å². The maximum absolute atomic E-state index is 13.2. The van der Waals surface area contributed by atoms with Crippen LogP contribution in [0.15, 0.2) is 18.2 Å². The first-order chi connectivity index (χ1) is 10.7. The molecule has 2 amide bonds. The summed E-state index contributed by atoms with van der Waals surface area (Å²) in [6, 6.07) is 2.42. The van der Waals surface area contributed by atoms with Gasteiger partial charge in [-0.3, -0.25) is 9.59 Å². The van der Waals surface area contributed by atoms with E-state index >= 15 is 0 Å². The highest BCUT2D eigenvalue weighted by atomic mass is 19.2. The molecule has 0 heterocycles. The van der Waals surface area contributed by atoms with Crippen LogP contribution >= 0.6 is 0 Å². The number of aliphatic hydroxyl groups is 1. The summed E-state index contributed by atoms with van der Waals surface area (Å²) in [5.41, 5.74) is 0.180. The molecular weight excluding hydrogens is 306 g/mol. The molecule has 0 bridgehead atoms. The van der Waals surface area contributed by atoms with Crippen LogP contribution in [-0.4, -0.2) is 42.0 Å². The maximum atomic E-state index is 13.2. The van der Waals surface area contributed by atoms with Gasteiger partial charge in [0.05, 0.1) is 12.1 Å². The van der Waals surface area contributed by atoms with Crippen LogP contribution in [0.2, 0.25) is 0 Å². The van der Waals surface area contributed by atoms with E-state index in [2.05, 4.69) is 5.32 Å². The summed E-state index contributed by atoms with van der Waals surface area (Å²) in [5.74, 6) is -2.43. The molecule has 2 unspecified atom stereocenters. The number of rotatable bonds is 7. The van der Waals surface area contributed by atoms with Crippen molar-refractivity contribution in [1.29, 1.82) is 0 Å². The van der Waals surface area contributed by atoms with Gasteiger partial charge >= 0.3 is 0 Å². The molecule has 2 N–H and O–H groups in total. The number of amides is 2. The van der Waals surface area contributed by atoms with Gasteiger partial charge in [0.1, 0.15) is 0 Å². The Bertz CT molecular complexity index is 564. The smallest absolute Gasteiger partial charge is 0.222 e. The molecule has 0 aliphatic carbocycles. The zero-order chi connectivity index (χ0) is 17.6. The normalized spacial score (nSPS) is 13.3. The van der Waals surface area contributed by atoms with Gasteiger partial charge in [0.2, 0.25) is 11.8 Å². The average molecular weight is 328 g/mol. The highest BCUT2D eigenvalue weighted by molar-refractivity contribution is 5.78. The summed E-state index contributed by atoms with van der Waals surface area (Å²) < 4.78 is 26.0. The van der Waals surface area contributed by atoms with Crippen molar-refractivity contribution in [3.05, 3.63) is 35.4 Å². The van der Waals surface area contributed by atoms with Crippen LogP contribution in [-0.2, 0) is 9.59 Å². The van der Waals surface area contributed by atoms with Crippen LogP contribution in [0.3, 0.4) is 0 Å². The van der Waals surface area contributed by atoms with Crippen LogP contribution in [0.1, 0.15) is 37.9 Å². The Hall–Kier alpha value is -2.02. The topological polar surface area (TPSA) is 69.6 Å². The maximum Gasteiger partial charge on any atom is 0.222 e. The van der Waals surface area contributed by atoms with Gasteiger partial charge < -0.3 is 15.3 Å². The lowest BCUT2D eigenvalue weighted by molar-refractivity contribution is -0.129. The quantitative estimate of drug-likeness (QED) is 0.801. The summed E-state index contributed by atoms with van der Waals surface area (Å²) in [6.45, 7) is 1.56. The minimum atomic E-state index is -1.16. The summed E-state index contributed by atoms with van der Waals surface area (Å²) in [7, 11) is 3.28. The number of nitrogens with zero attached hydrogens (tertiary/aromatic N) is 1. The molecule has 1 rings (SSSR count). The number of carbonyl (C=O) groups excluding carboxylic acids is 2. The second-order valence-corrected chi connectivity index (χ2v) is 5.62. The average Bonchev–Trinajstić information content (AvgIpc) is 2.48. The zero-order valence-corrected chi connectivity index (χ0v) is 13.5. The molecule has 7 heteroatoms. The minimum absolute atomic E-state index is 0.0623. The lowest BCUT2D eigenvalue weighted by atomic mass is 10.0. The van der Waals surface area contributed by atoms with Gasteiger partial charge in [-0.1, -0.05) is 6.07 Å². The van der Waals surface area contributed by atoms with E-state index in [-0.39, 0.29) is 30.2 Å². The molecule has 2 atom stereocenters. The molecule has 0 saturated carbocycles. The summed E-state index contributed by atoms with van der Waals surface area (Å²) in [4.78, 5) is 24.6. The Kier molecular flexibility index (Phi) is 7.09. The second kappa shape index (κ2) is 8.57. The van der Waals surface area contributed by atoms with E-state index in [0.29, 0.717) is 6.42 Å². The first-order valence-electron chi connectivity index (χ1n) is 7.35. The predicted octanol–water partition coefficient (Wildman–Crippen LogP) is 1.76. The number of hydrogen-bond acceptors (Lipinski definition) is 3. The van der Waals surface area contributed by atoms with Crippen molar-refractivity contribution >= 4 is 11.8 Å². The second-order valence-electron chi connectivity index (χ2n) is 5.62. The Morgan fingerprint density at radius 3 is 2.43 bits per heavy atom. The Balaban J connectivity index is 2.47. The Labute approximate surface area is 134 Å². The lowest BCUT2D eigenvalue weighted by Gasteiger charge is -2.21. The fourth-order valence-electron chi connectivity index (χ4n) is 2.01. The van der Waals surface area contributed by atoms with Crippen molar-refractivity contribution in [2.75, 3.05) is 14.1 Å². The number of nitrogens with one attached hydrogen (secondary N) is 1. The third kappa shape index (κ3) is 5.94. The van der Waals surface area contributed by atoms with Gasteiger partial charge in [-0.2, -0.15) is 0 Å². The van der Waals surface area contributed by atoms with Crippen LogP contribution in [0.5, 0.6) is 0 Å². The standard InChI is InChI=1S/C16H22F2N2O3/c1-10(16(23)11-7-8-12(17)13(18)9-11)19-14(21)5-4-6-15(22)20(2)3/h7-10,16,23H,4-6H2,1-3H3,(H,19,21). The molecule has 0 radical (unpaired) electrons. The van der Waals surface area contributed by atoms with Gasteiger partial charge in [-0.05, 0) is 31.0 Å². The molecule has 0 saturated heterocycles. The van der Waals surface area contributed by atoms with E-state index in [9.17, 15) is 23.5 Å². The molecular formula is C16H22F2N2O3. The number of benzene rings is 1. The Morgan fingerprint density at radius 1 is 1.22 bits per heavy atom. The number of halogens is 2. The fourth-order valence-corrected chi connectivity index (χ4v) is 2.01. The van der Waals surface area contributed by atoms with E-state index < -0.39 is 23.8 Å². The van der Waals surface area contributed by atoms with Gasteiger partial charge in [-0.25, -0.2) is 8.78 Å². The predicted molar refractivity (Wildman–Crippen MR) is 81.5 cm³/mol. The number of aliphatic hydroxyl groups excluding tert-OH is 1. The third-order valence-corrected chi connectivity index (χ3v) is 3.44. The molecule has 0 spiro atoms. The van der Waals surface area contributed by atoms with Crippen LogP contribution in [0.4, 0.5) is 8.78 Å². The molecule has 0 aromatic heterocycles. The van der Waals surface area contributed by atoms with Gasteiger partial charge in [0.15, 0.2) is 11.6 Å². The van der Waals surface area contributed by atoms with E-state index in [1.54, 1.807) is 21.0 Å². The molecule has 1 aromatic carbocycles. The number of carbonyl (C=O) groups is 2. The van der Waals surface area contributed by atoms with E-state index in [1.165, 1.54) is 11.0 Å². The van der Waals surface area contributed by atoms with Crippen molar-refractivity contribution in [1.82, 2.24) is 10.2 Å². The molecule has 5 nitrogen and oxygen atoms in total. The lowest BCUT2D eigenvalue weighted by Crippen LogP contribution is -2.37. The van der Waals surface area contributed by atoms with Gasteiger partial charge in [-0.15, -0.1) is 0 Å². The highest BCUT2D eigenvalue weighted by Gasteiger charge is 2.19. The van der Waals surface area contributed by atoms with Gasteiger partial charge in [0, 0.05) is 26.9 Å². The third-order valence-electron chi connectivity index (χ3n) is 3.44. The van der Waals surface area contributed by atoms with Crippen molar-refractivity contribution in [3.8, 4) is 0 Å². The van der Waals surface area contributed by atoms with Crippen LogP contribution < -0.4 is 5.32 Å². The summed E-state index contributed by atoms with van der Waals surface area (Å²) in [5, 5.41) is 12.7. The Morgan fingerprint density at radius 2 is 1.87 bits per heavy atom. The molecule has 0 aliphatic rings. The molecule has 0 fully saturated rings. The summed E-state index contributed by atoms with van der Waals surface area (Å²) >= 11 is 0. The first kappa shape index (κ1) is 19.0. The highest BCUT2D eigenvalue weighted by Crippen LogP contribution is 2.19. The van der Waals surface area contributed by atoms with Crippen molar-refractivity contribution < 1.29 is 23.5 Å². The molecule has 23 heavy (non-hydrogen) atoms. The van der Waals surface area contributed by atoms with E-state index in [0.717, 1.165) is 12.1 Å². The number of hydrogen-bond donors (Lipinski definition) is 2. The van der Waals surface area contributed by atoms with Crippen LogP contribution in [0, 0.1) is 11.6 Å². The van der Waals surface area contributed by atoms with Crippen molar-refractivity contribution in [3.63, 3.8) is 0 Å². The fraction of sp³-hybridized carbons (Fsp3) is 0.500. The van der Waals surface area contributed by atoms with E-state index in [4.69, 9.17) is 0 Å². The molecule has 0 aliphatic heterocycles.